The van der Waals surface area contributed by atoms with Gasteiger partial charge >= 0.3 is 18.3 Å². The van der Waals surface area contributed by atoms with Gasteiger partial charge in [0.1, 0.15) is 0 Å². The Hall–Kier alpha value is -0.701. The quantitative estimate of drug-likeness (QED) is 0.277. The minimum atomic E-state index is -3.13. The lowest BCUT2D eigenvalue weighted by Gasteiger charge is -1.55. The molecular weight excluding hydrogens is 163 g/mol. The van der Waals surface area contributed by atoms with Crippen LogP contribution in [0.15, 0.2) is 0 Å². The molecule has 0 amide bonds. The third-order valence-electron chi connectivity index (χ3n) is 0. The van der Waals surface area contributed by atoms with Crippen molar-refractivity contribution >= 4 is 26.8 Å². The van der Waals surface area contributed by atoms with Crippen LogP contribution in [0.5, 0.6) is 0 Å². The van der Waals surface area contributed by atoms with E-state index in [1.807, 2.05) is 0 Å². The fourth-order valence-corrected chi connectivity index (χ4v) is 0. The first-order valence-electron chi connectivity index (χ1n) is 1.30. The summed E-state index contributed by atoms with van der Waals surface area (Å²) in [7, 11) is -6.26. The van der Waals surface area contributed by atoms with E-state index in [0.717, 1.165) is 0 Å². The van der Waals surface area contributed by atoms with Gasteiger partial charge in [0.25, 0.3) is 0 Å². The van der Waals surface area contributed by atoms with E-state index >= 15 is 0 Å². The van der Waals surface area contributed by atoms with E-state index in [1.54, 1.807) is 0 Å². The van der Waals surface area contributed by atoms with Crippen LogP contribution in [-0.4, -0.2) is 45.9 Å². The summed E-state index contributed by atoms with van der Waals surface area (Å²) in [6.07, 6.45) is 0. The van der Waals surface area contributed by atoms with Crippen molar-refractivity contribution in [3.05, 3.63) is 0 Å². The molecule has 6 nitrogen and oxygen atoms in total. The zero-order valence-electron chi connectivity index (χ0n) is 4.18. The molecule has 4 N–H and O–H groups in total. The van der Waals surface area contributed by atoms with Gasteiger partial charge in [0.2, 0.25) is 0 Å². The summed E-state index contributed by atoms with van der Waals surface area (Å²) in [5.74, 6) is 0. The highest BCUT2D eigenvalue weighted by Crippen LogP contribution is 1.27. The minimum Gasteiger partial charge on any atom is -0.511 e. The Morgan fingerprint density at radius 2 is 0.778 bits per heavy atom. The molecule has 0 saturated heterocycles. The van der Waals surface area contributed by atoms with Crippen molar-refractivity contribution in [3.63, 3.8) is 0 Å². The maximum absolute atomic E-state index is 8.74. The van der Waals surface area contributed by atoms with Crippen LogP contribution in [0.2, 0.25) is 0 Å². The molecule has 0 atom stereocenters. The molecule has 0 saturated carbocycles. The van der Waals surface area contributed by atoms with E-state index in [1.165, 1.54) is 0 Å². The fourth-order valence-electron chi connectivity index (χ4n) is 0. The first kappa shape index (κ1) is 15.7. The summed E-state index contributed by atoms with van der Waals surface area (Å²) >= 11 is 0. The van der Waals surface area contributed by atoms with Crippen LogP contribution in [0, 0.1) is 0 Å². The highest BCUT2D eigenvalue weighted by Gasteiger charge is 1.85. The van der Waals surface area contributed by atoms with Crippen molar-refractivity contribution in [1.29, 1.82) is 0 Å². The van der Waals surface area contributed by atoms with E-state index in [9.17, 15) is 0 Å². The standard InChI is InChI=1S/B.2H2O3Si/c;2*1-4(2)3/h;2*1-2H. The molecular formula is H4BO6Si2. The van der Waals surface area contributed by atoms with Gasteiger partial charge in [-0.05, 0) is 0 Å². The number of rotatable bonds is 0. The Morgan fingerprint density at radius 3 is 0.778 bits per heavy atom. The highest BCUT2D eigenvalue weighted by molar-refractivity contribution is 6.22. The maximum Gasteiger partial charge on any atom is 0.761 e. The third-order valence-corrected chi connectivity index (χ3v) is 0. The van der Waals surface area contributed by atoms with E-state index < -0.39 is 18.3 Å². The van der Waals surface area contributed by atoms with Crippen molar-refractivity contribution < 1.29 is 28.1 Å². The molecule has 0 heterocycles. The zero-order chi connectivity index (χ0) is 7.15. The molecule has 0 spiro atoms. The molecule has 0 rings (SSSR count). The Kier molecular flexibility index (Phi) is 18.0. The lowest BCUT2D eigenvalue weighted by atomic mass is 10.8. The molecule has 9 heavy (non-hydrogen) atoms. The van der Waals surface area contributed by atoms with Crippen molar-refractivity contribution in [2.75, 3.05) is 0 Å². The molecule has 9 heteroatoms. The summed E-state index contributed by atoms with van der Waals surface area (Å²) in [5, 5.41) is 0. The normalized spacial score (nSPS) is 5.33. The van der Waals surface area contributed by atoms with E-state index in [4.69, 9.17) is 28.1 Å². The lowest BCUT2D eigenvalue weighted by Crippen LogP contribution is -1.90. The average Bonchev–Trinajstić information content (AvgIpc) is 1.25. The Labute approximate surface area is 55.8 Å². The van der Waals surface area contributed by atoms with Gasteiger partial charge in [-0.25, -0.2) is 0 Å². The van der Waals surface area contributed by atoms with Gasteiger partial charge in [-0.1, -0.05) is 0 Å². The van der Waals surface area contributed by atoms with Gasteiger partial charge in [-0.3, -0.25) is 8.92 Å². The highest BCUT2D eigenvalue weighted by atomic mass is 28.3. The smallest absolute Gasteiger partial charge is 0.511 e. The zero-order valence-corrected chi connectivity index (χ0v) is 6.18. The van der Waals surface area contributed by atoms with Gasteiger partial charge < -0.3 is 19.2 Å². The Bertz CT molecular complexity index is 69.1. The molecule has 0 aliphatic heterocycles. The molecule has 0 aliphatic rings. The van der Waals surface area contributed by atoms with Crippen molar-refractivity contribution in [2.24, 2.45) is 0 Å². The van der Waals surface area contributed by atoms with Gasteiger partial charge in [0.05, 0.1) is 0 Å². The van der Waals surface area contributed by atoms with Crippen molar-refractivity contribution in [2.45, 2.75) is 0 Å². The second-order valence-electron chi connectivity index (χ2n) is 0.565. The minimum absolute atomic E-state index is 0. The number of hydrogen-bond acceptors (Lipinski definition) is 2. The lowest BCUT2D eigenvalue weighted by molar-refractivity contribution is 0.328. The topological polar surface area (TPSA) is 115 Å². The first-order chi connectivity index (χ1) is 3.46. The van der Waals surface area contributed by atoms with E-state index in [2.05, 4.69) is 0 Å². The van der Waals surface area contributed by atoms with Crippen LogP contribution >= 0.6 is 0 Å². The Morgan fingerprint density at radius 1 is 0.778 bits per heavy atom. The van der Waals surface area contributed by atoms with Crippen LogP contribution in [-0.2, 0) is 8.92 Å². The second-order valence-corrected chi connectivity index (χ2v) is 1.70. The molecule has 0 fully saturated rings. The molecule has 0 aromatic rings. The van der Waals surface area contributed by atoms with Gasteiger partial charge in [0.15, 0.2) is 0 Å². The van der Waals surface area contributed by atoms with Gasteiger partial charge in [-0.15, -0.1) is 0 Å². The molecule has 0 aromatic heterocycles. The van der Waals surface area contributed by atoms with Crippen LogP contribution in [0.4, 0.5) is 0 Å². The largest absolute Gasteiger partial charge is 0.761 e. The van der Waals surface area contributed by atoms with E-state index in [-0.39, 0.29) is 8.41 Å². The van der Waals surface area contributed by atoms with Crippen LogP contribution in [0.3, 0.4) is 0 Å². The summed E-state index contributed by atoms with van der Waals surface area (Å²) in [6.45, 7) is 0. The van der Waals surface area contributed by atoms with Crippen LogP contribution < -0.4 is 0 Å². The van der Waals surface area contributed by atoms with Gasteiger partial charge in [-0.2, -0.15) is 0 Å². The summed E-state index contributed by atoms with van der Waals surface area (Å²) in [4.78, 5) is 28.6. The summed E-state index contributed by atoms with van der Waals surface area (Å²) in [6, 6.07) is 0. The average molecular weight is 167 g/mol. The fraction of sp³-hybridized carbons (Fsp3) is 0. The molecule has 51 valence electrons. The van der Waals surface area contributed by atoms with Crippen LogP contribution in [0.1, 0.15) is 0 Å². The van der Waals surface area contributed by atoms with Crippen LogP contribution in [0.25, 0.3) is 0 Å². The SMILES string of the molecule is O=[Si](O)O.O=[Si](O)O.[B]. The molecule has 0 bridgehead atoms. The summed E-state index contributed by atoms with van der Waals surface area (Å²) in [5.41, 5.74) is 0. The predicted molar refractivity (Wildman–Crippen MR) is 27.5 cm³/mol. The molecule has 0 aliphatic carbocycles. The van der Waals surface area contributed by atoms with Gasteiger partial charge in [0, 0.05) is 8.41 Å². The van der Waals surface area contributed by atoms with Crippen molar-refractivity contribution in [1.82, 2.24) is 0 Å². The predicted octanol–water partition coefficient (Wildman–Crippen LogP) is -3.61. The Balaban J connectivity index is -0.0000000720. The molecule has 0 unspecified atom stereocenters. The third kappa shape index (κ3) is 417. The molecule has 0 aromatic carbocycles. The molecule has 3 radical (unpaired) electrons. The number of hydrogen-bond donors (Lipinski definition) is 4. The monoisotopic (exact) mass is 167 g/mol. The maximum atomic E-state index is 8.74. The summed E-state index contributed by atoms with van der Waals surface area (Å²) < 4.78 is 17.5. The van der Waals surface area contributed by atoms with Crippen molar-refractivity contribution in [3.8, 4) is 0 Å². The second kappa shape index (κ2) is 10.3. The van der Waals surface area contributed by atoms with E-state index in [0.29, 0.717) is 0 Å². The first-order valence-corrected chi connectivity index (χ1v) is 3.91.